The van der Waals surface area contributed by atoms with Crippen LogP contribution in [0, 0.1) is 6.92 Å². The molecule has 0 saturated carbocycles. The van der Waals surface area contributed by atoms with Gasteiger partial charge in [0, 0.05) is 35.6 Å². The summed E-state index contributed by atoms with van der Waals surface area (Å²) in [6.07, 6.45) is 3.63. The predicted molar refractivity (Wildman–Crippen MR) is 122 cm³/mol. The molecule has 1 atom stereocenters. The second kappa shape index (κ2) is 9.06. The fourth-order valence-electron chi connectivity index (χ4n) is 3.53. The van der Waals surface area contributed by atoms with Crippen molar-refractivity contribution in [3.8, 4) is 22.5 Å². The number of rotatable bonds is 7. The molecular weight excluding hydrogens is 388 g/mol. The van der Waals surface area contributed by atoms with Crippen molar-refractivity contribution in [1.82, 2.24) is 30.2 Å². The van der Waals surface area contributed by atoms with E-state index in [1.54, 1.807) is 22.8 Å². The molecule has 0 bridgehead atoms. The number of amides is 1. The Bertz CT molecular complexity index is 1200. The molecule has 0 spiro atoms. The van der Waals surface area contributed by atoms with Crippen molar-refractivity contribution in [3.63, 3.8) is 0 Å². The van der Waals surface area contributed by atoms with E-state index in [4.69, 9.17) is 4.98 Å². The third-order valence-corrected chi connectivity index (χ3v) is 5.05. The lowest BCUT2D eigenvalue weighted by molar-refractivity contribution is 0.0950. The quantitative estimate of drug-likeness (QED) is 0.484. The largest absolute Gasteiger partial charge is 0.350 e. The van der Waals surface area contributed by atoms with E-state index in [0.717, 1.165) is 29.1 Å². The number of aryl methyl sites for hydroxylation is 1. The molecule has 0 aliphatic heterocycles. The Kier molecular flexibility index (Phi) is 6.04. The van der Waals surface area contributed by atoms with E-state index in [-0.39, 0.29) is 11.9 Å². The Labute approximate surface area is 181 Å². The minimum absolute atomic E-state index is 0.120. The van der Waals surface area contributed by atoms with Crippen LogP contribution in [0.1, 0.15) is 29.9 Å². The van der Waals surface area contributed by atoms with E-state index < -0.39 is 0 Å². The van der Waals surface area contributed by atoms with Crippen LogP contribution in [-0.4, -0.2) is 44.6 Å². The third-order valence-electron chi connectivity index (χ3n) is 5.05. The molecule has 7 nitrogen and oxygen atoms in total. The Morgan fingerprint density at radius 3 is 2.68 bits per heavy atom. The van der Waals surface area contributed by atoms with E-state index in [1.165, 1.54) is 0 Å². The molecule has 31 heavy (non-hydrogen) atoms. The van der Waals surface area contributed by atoms with E-state index in [1.807, 2.05) is 63.4 Å². The molecule has 0 aliphatic carbocycles. The minimum Gasteiger partial charge on any atom is -0.350 e. The summed E-state index contributed by atoms with van der Waals surface area (Å²) < 4.78 is 1.73. The molecule has 3 heterocycles. The number of nitrogens with zero attached hydrogens (tertiary/aromatic N) is 4. The Morgan fingerprint density at radius 2 is 1.90 bits per heavy atom. The summed E-state index contributed by atoms with van der Waals surface area (Å²) in [5.41, 5.74) is 5.40. The van der Waals surface area contributed by atoms with Gasteiger partial charge < -0.3 is 10.6 Å². The van der Waals surface area contributed by atoms with Gasteiger partial charge in [-0.1, -0.05) is 37.3 Å². The van der Waals surface area contributed by atoms with Crippen molar-refractivity contribution in [1.29, 1.82) is 0 Å². The highest BCUT2D eigenvalue weighted by molar-refractivity contribution is 5.95. The van der Waals surface area contributed by atoms with Crippen LogP contribution in [0.25, 0.3) is 28.2 Å². The van der Waals surface area contributed by atoms with Crippen LogP contribution in [0.2, 0.25) is 0 Å². The Hall–Kier alpha value is -3.58. The lowest BCUT2D eigenvalue weighted by Crippen LogP contribution is -2.38. The van der Waals surface area contributed by atoms with Gasteiger partial charge in [-0.05, 0) is 38.6 Å². The molecule has 1 amide bonds. The topological polar surface area (TPSA) is 84.2 Å². The Balaban J connectivity index is 1.67. The van der Waals surface area contributed by atoms with Gasteiger partial charge in [-0.25, -0.2) is 9.50 Å². The van der Waals surface area contributed by atoms with Gasteiger partial charge in [-0.3, -0.25) is 9.78 Å². The molecule has 1 aromatic carbocycles. The molecule has 158 valence electrons. The first-order valence-electron chi connectivity index (χ1n) is 10.5. The number of pyridine rings is 1. The zero-order valence-electron chi connectivity index (χ0n) is 18.0. The number of hydrogen-bond acceptors (Lipinski definition) is 5. The molecule has 4 rings (SSSR count). The zero-order valence-corrected chi connectivity index (χ0v) is 18.0. The van der Waals surface area contributed by atoms with Gasteiger partial charge in [0.05, 0.1) is 23.1 Å². The minimum atomic E-state index is -0.120. The van der Waals surface area contributed by atoms with Gasteiger partial charge in [-0.2, -0.15) is 5.10 Å². The number of carbonyl (C=O) groups is 1. The highest BCUT2D eigenvalue weighted by Crippen LogP contribution is 2.25. The van der Waals surface area contributed by atoms with Crippen LogP contribution in [-0.2, 0) is 0 Å². The Morgan fingerprint density at radius 1 is 1.10 bits per heavy atom. The summed E-state index contributed by atoms with van der Waals surface area (Å²) in [6, 6.07) is 15.7. The molecule has 2 N–H and O–H groups in total. The standard InChI is InChI=1S/C24H26N6O/c1-4-25-17(3)14-26-24(31)19-12-16(2)28-22(13-19)20-15-27-30-11-10-21(29-23(20)30)18-8-6-5-7-9-18/h5-13,15,17,25H,4,14H2,1-3H3,(H,26,31). The predicted octanol–water partition coefficient (Wildman–Crippen LogP) is 3.49. The van der Waals surface area contributed by atoms with Crippen LogP contribution in [0.15, 0.2) is 60.9 Å². The average Bonchev–Trinajstić information content (AvgIpc) is 3.21. The molecule has 7 heteroatoms. The molecule has 3 aromatic heterocycles. The smallest absolute Gasteiger partial charge is 0.251 e. The second-order valence-corrected chi connectivity index (χ2v) is 7.56. The number of carbonyl (C=O) groups excluding carboxylic acids is 1. The maximum atomic E-state index is 12.7. The highest BCUT2D eigenvalue weighted by Gasteiger charge is 2.15. The average molecular weight is 415 g/mol. The summed E-state index contributed by atoms with van der Waals surface area (Å²) in [5, 5.41) is 10.7. The SMILES string of the molecule is CCNC(C)CNC(=O)c1cc(C)nc(-c2cnn3ccc(-c4ccccc4)nc23)c1. The fourth-order valence-corrected chi connectivity index (χ4v) is 3.53. The molecular formula is C24H26N6O. The summed E-state index contributed by atoms with van der Waals surface area (Å²) in [4.78, 5) is 22.2. The van der Waals surface area contributed by atoms with Crippen LogP contribution >= 0.6 is 0 Å². The van der Waals surface area contributed by atoms with Crippen LogP contribution in [0.4, 0.5) is 0 Å². The number of likely N-dealkylation sites (N-methyl/N-ethyl adjacent to an activating group) is 1. The number of aromatic nitrogens is 4. The molecule has 1 unspecified atom stereocenters. The number of hydrogen-bond donors (Lipinski definition) is 2. The van der Waals surface area contributed by atoms with E-state index in [2.05, 4.69) is 20.7 Å². The van der Waals surface area contributed by atoms with Gasteiger partial charge in [0.25, 0.3) is 5.91 Å². The number of nitrogens with one attached hydrogen (secondary N) is 2. The maximum Gasteiger partial charge on any atom is 0.251 e. The number of benzene rings is 1. The molecule has 0 aliphatic rings. The van der Waals surface area contributed by atoms with Crippen LogP contribution in [0.5, 0.6) is 0 Å². The monoisotopic (exact) mass is 414 g/mol. The summed E-state index contributed by atoms with van der Waals surface area (Å²) in [6.45, 7) is 7.40. The number of fused-ring (bicyclic) bond motifs is 1. The summed E-state index contributed by atoms with van der Waals surface area (Å²) >= 11 is 0. The normalized spacial score (nSPS) is 12.1. The van der Waals surface area contributed by atoms with Crippen molar-refractivity contribution in [2.45, 2.75) is 26.8 Å². The first-order chi connectivity index (χ1) is 15.0. The first kappa shape index (κ1) is 20.7. The van der Waals surface area contributed by atoms with Gasteiger partial charge in [0.1, 0.15) is 0 Å². The summed E-state index contributed by atoms with van der Waals surface area (Å²) in [5.74, 6) is -0.120. The molecule has 0 fully saturated rings. The van der Waals surface area contributed by atoms with Crippen LogP contribution in [0.3, 0.4) is 0 Å². The van der Waals surface area contributed by atoms with E-state index >= 15 is 0 Å². The van der Waals surface area contributed by atoms with E-state index in [0.29, 0.717) is 23.4 Å². The van der Waals surface area contributed by atoms with Crippen molar-refractivity contribution >= 4 is 11.6 Å². The van der Waals surface area contributed by atoms with Gasteiger partial charge in [0.15, 0.2) is 5.65 Å². The second-order valence-electron chi connectivity index (χ2n) is 7.56. The lowest BCUT2D eigenvalue weighted by Gasteiger charge is -2.13. The molecule has 0 saturated heterocycles. The maximum absolute atomic E-state index is 12.7. The lowest BCUT2D eigenvalue weighted by atomic mass is 10.1. The van der Waals surface area contributed by atoms with E-state index in [9.17, 15) is 4.79 Å². The van der Waals surface area contributed by atoms with Gasteiger partial charge in [-0.15, -0.1) is 0 Å². The van der Waals surface area contributed by atoms with Gasteiger partial charge in [0.2, 0.25) is 0 Å². The van der Waals surface area contributed by atoms with Crippen molar-refractivity contribution in [2.75, 3.05) is 13.1 Å². The van der Waals surface area contributed by atoms with Crippen molar-refractivity contribution in [2.24, 2.45) is 0 Å². The third kappa shape index (κ3) is 4.62. The van der Waals surface area contributed by atoms with Gasteiger partial charge >= 0.3 is 0 Å². The molecule has 4 aromatic rings. The highest BCUT2D eigenvalue weighted by atomic mass is 16.1. The summed E-state index contributed by atoms with van der Waals surface area (Å²) in [7, 11) is 0. The van der Waals surface area contributed by atoms with Crippen LogP contribution < -0.4 is 10.6 Å². The van der Waals surface area contributed by atoms with Crippen molar-refractivity contribution in [3.05, 3.63) is 72.2 Å². The fraction of sp³-hybridized carbons (Fsp3) is 0.250. The van der Waals surface area contributed by atoms with Crippen molar-refractivity contribution < 1.29 is 4.79 Å². The molecule has 0 radical (unpaired) electrons. The zero-order chi connectivity index (χ0) is 21.8. The first-order valence-corrected chi connectivity index (χ1v) is 10.5.